The van der Waals surface area contributed by atoms with Gasteiger partial charge in [-0.25, -0.2) is 0 Å². The maximum absolute atomic E-state index is 12.5. The summed E-state index contributed by atoms with van der Waals surface area (Å²) in [5.41, 5.74) is 2.34. The van der Waals surface area contributed by atoms with Gasteiger partial charge in [0.25, 0.3) is 5.91 Å². The molecular weight excluding hydrogens is 414 g/mol. The number of allylic oxidation sites excluding steroid dienone is 1. The maximum atomic E-state index is 12.5. The summed E-state index contributed by atoms with van der Waals surface area (Å²) in [6.45, 7) is 14.8. The molecule has 0 fully saturated rings. The van der Waals surface area contributed by atoms with Crippen LogP contribution < -0.4 is 20.7 Å². The lowest BCUT2D eigenvalue weighted by Gasteiger charge is -2.27. The van der Waals surface area contributed by atoms with E-state index in [9.17, 15) is 9.59 Å². The lowest BCUT2D eigenvalue weighted by atomic mass is 9.96. The van der Waals surface area contributed by atoms with Crippen molar-refractivity contribution in [3.8, 4) is 5.75 Å². The van der Waals surface area contributed by atoms with E-state index in [1.54, 1.807) is 0 Å². The van der Waals surface area contributed by atoms with Crippen LogP contribution >= 0.6 is 12.4 Å². The first-order valence-corrected chi connectivity index (χ1v) is 10.4. The molecule has 1 heterocycles. The van der Waals surface area contributed by atoms with Gasteiger partial charge >= 0.3 is 0 Å². The number of benzene rings is 1. The van der Waals surface area contributed by atoms with Gasteiger partial charge in [0.2, 0.25) is 5.91 Å². The summed E-state index contributed by atoms with van der Waals surface area (Å²) in [5, 5.41) is 9.19. The van der Waals surface area contributed by atoms with E-state index < -0.39 is 0 Å². The van der Waals surface area contributed by atoms with Crippen LogP contribution in [0.15, 0.2) is 42.5 Å². The molecule has 2 rings (SSSR count). The van der Waals surface area contributed by atoms with Gasteiger partial charge < -0.3 is 15.4 Å². The van der Waals surface area contributed by atoms with Crippen molar-refractivity contribution < 1.29 is 14.3 Å². The van der Waals surface area contributed by atoms with E-state index in [1.165, 1.54) is 0 Å². The summed E-state index contributed by atoms with van der Waals surface area (Å²) in [6, 6.07) is 5.88. The van der Waals surface area contributed by atoms with Crippen LogP contribution in [0.4, 0.5) is 0 Å². The number of hydrogen-bond acceptors (Lipinski definition) is 4. The molecule has 1 aliphatic rings. The molecular formula is C24H36ClN3O3. The van der Waals surface area contributed by atoms with Crippen LogP contribution in [-0.4, -0.2) is 42.6 Å². The van der Waals surface area contributed by atoms with Gasteiger partial charge in [-0.3, -0.25) is 14.9 Å². The molecule has 0 atom stereocenters. The number of hydrogen-bond donors (Lipinski definition) is 3. The first-order chi connectivity index (χ1) is 14.0. The quantitative estimate of drug-likeness (QED) is 0.378. The summed E-state index contributed by atoms with van der Waals surface area (Å²) in [6.07, 6.45) is 5.13. The molecule has 6 nitrogen and oxygen atoms in total. The molecule has 0 spiro atoms. The van der Waals surface area contributed by atoms with E-state index >= 15 is 0 Å². The highest BCUT2D eigenvalue weighted by Crippen LogP contribution is 2.29. The predicted molar refractivity (Wildman–Crippen MR) is 128 cm³/mol. The van der Waals surface area contributed by atoms with Crippen LogP contribution in [0, 0.1) is 6.92 Å². The summed E-state index contributed by atoms with van der Waals surface area (Å²) in [4.78, 5) is 24.5. The Morgan fingerprint density at radius 1 is 1.16 bits per heavy atom. The molecule has 172 valence electrons. The van der Waals surface area contributed by atoms with E-state index in [0.29, 0.717) is 31.7 Å². The highest BCUT2D eigenvalue weighted by molar-refractivity contribution is 5.96. The van der Waals surface area contributed by atoms with Crippen molar-refractivity contribution in [1.29, 1.82) is 0 Å². The Hall–Kier alpha value is -2.31. The van der Waals surface area contributed by atoms with Gasteiger partial charge in [0.15, 0.2) is 6.61 Å². The fourth-order valence-corrected chi connectivity index (χ4v) is 3.77. The normalized spacial score (nSPS) is 16.0. The summed E-state index contributed by atoms with van der Waals surface area (Å²) in [7, 11) is 0. The zero-order chi connectivity index (χ0) is 22.4. The van der Waals surface area contributed by atoms with Gasteiger partial charge in [-0.2, -0.15) is 0 Å². The monoisotopic (exact) mass is 449 g/mol. The minimum Gasteiger partial charge on any atom is -0.483 e. The molecule has 0 radical (unpaired) electrons. The van der Waals surface area contributed by atoms with E-state index in [1.807, 2.05) is 65.0 Å². The Balaban J connectivity index is 0.00000480. The number of amides is 2. The predicted octanol–water partition coefficient (Wildman–Crippen LogP) is 3.23. The Kier molecular flexibility index (Phi) is 9.78. The van der Waals surface area contributed by atoms with Crippen LogP contribution in [0.25, 0.3) is 0 Å². The zero-order valence-corrected chi connectivity index (χ0v) is 20.1. The van der Waals surface area contributed by atoms with Gasteiger partial charge in [-0.15, -0.1) is 19.0 Å². The van der Waals surface area contributed by atoms with Crippen molar-refractivity contribution in [1.82, 2.24) is 16.0 Å². The third-order valence-electron chi connectivity index (χ3n) is 4.96. The number of rotatable bonds is 10. The molecule has 0 saturated carbocycles. The Labute approximate surface area is 192 Å². The SMILES string of the molecule is C=CCc1cc(C)ccc1OCC(=O)NCCCNC(=O)C1=CC(C)(C)NC1(C)C.Cl. The van der Waals surface area contributed by atoms with Crippen molar-refractivity contribution in [2.45, 2.75) is 58.5 Å². The fourth-order valence-electron chi connectivity index (χ4n) is 3.77. The molecule has 2 amide bonds. The standard InChI is InChI=1S/C24H35N3O3.ClH/c1-7-9-18-14-17(2)10-11-20(18)30-16-21(28)25-12-8-13-26-22(29)19-15-23(3,4)27-24(19,5)6;/h7,10-11,14-15,27H,1,8-9,12-13,16H2,2-6H3,(H,25,28)(H,26,29);1H. The Morgan fingerprint density at radius 3 is 2.45 bits per heavy atom. The van der Waals surface area contributed by atoms with E-state index in [0.717, 1.165) is 16.7 Å². The molecule has 0 unspecified atom stereocenters. The molecule has 1 aliphatic heterocycles. The second-order valence-corrected chi connectivity index (χ2v) is 8.88. The molecule has 0 saturated heterocycles. The van der Waals surface area contributed by atoms with Gasteiger partial charge in [-0.1, -0.05) is 29.8 Å². The summed E-state index contributed by atoms with van der Waals surface area (Å²) >= 11 is 0. The van der Waals surface area contributed by atoms with Crippen molar-refractivity contribution >= 4 is 24.2 Å². The first kappa shape index (κ1) is 26.7. The number of nitrogens with one attached hydrogen (secondary N) is 3. The van der Waals surface area contributed by atoms with Crippen molar-refractivity contribution in [2.24, 2.45) is 0 Å². The van der Waals surface area contributed by atoms with Crippen LogP contribution in [0.3, 0.4) is 0 Å². The zero-order valence-electron chi connectivity index (χ0n) is 19.3. The highest BCUT2D eigenvalue weighted by atomic mass is 35.5. The molecule has 0 aromatic heterocycles. The van der Waals surface area contributed by atoms with Crippen LogP contribution in [-0.2, 0) is 16.0 Å². The van der Waals surface area contributed by atoms with Crippen molar-refractivity contribution in [3.63, 3.8) is 0 Å². The smallest absolute Gasteiger partial charge is 0.257 e. The molecule has 0 bridgehead atoms. The lowest BCUT2D eigenvalue weighted by Crippen LogP contribution is -2.47. The topological polar surface area (TPSA) is 79.5 Å². The molecule has 1 aromatic rings. The van der Waals surface area contributed by atoms with Gasteiger partial charge in [0, 0.05) is 29.7 Å². The van der Waals surface area contributed by atoms with Crippen molar-refractivity contribution in [2.75, 3.05) is 19.7 Å². The van der Waals surface area contributed by atoms with E-state index in [-0.39, 0.29) is 41.9 Å². The third kappa shape index (κ3) is 8.04. The average Bonchev–Trinajstić information content (AvgIpc) is 2.88. The molecule has 3 N–H and O–H groups in total. The number of aryl methyl sites for hydroxylation is 1. The van der Waals surface area contributed by atoms with E-state index in [4.69, 9.17) is 4.74 Å². The third-order valence-corrected chi connectivity index (χ3v) is 4.96. The van der Waals surface area contributed by atoms with Gasteiger partial charge in [0.1, 0.15) is 5.75 Å². The number of carbonyl (C=O) groups is 2. The van der Waals surface area contributed by atoms with Crippen molar-refractivity contribution in [3.05, 3.63) is 53.6 Å². The second-order valence-electron chi connectivity index (χ2n) is 8.88. The maximum Gasteiger partial charge on any atom is 0.257 e. The number of halogens is 1. The van der Waals surface area contributed by atoms with Gasteiger partial charge in [0.05, 0.1) is 0 Å². The highest BCUT2D eigenvalue weighted by Gasteiger charge is 2.39. The average molecular weight is 450 g/mol. The Morgan fingerprint density at radius 2 is 1.84 bits per heavy atom. The molecule has 1 aromatic carbocycles. The summed E-state index contributed by atoms with van der Waals surface area (Å²) in [5.74, 6) is 0.450. The minimum atomic E-state index is -0.362. The summed E-state index contributed by atoms with van der Waals surface area (Å²) < 4.78 is 5.67. The first-order valence-electron chi connectivity index (χ1n) is 10.4. The largest absolute Gasteiger partial charge is 0.483 e. The fraction of sp³-hybridized carbons (Fsp3) is 0.500. The number of ether oxygens (including phenoxy) is 1. The molecule has 31 heavy (non-hydrogen) atoms. The molecule has 0 aliphatic carbocycles. The van der Waals surface area contributed by atoms with Crippen LogP contribution in [0.1, 0.15) is 45.2 Å². The second kappa shape index (κ2) is 11.3. The number of carbonyl (C=O) groups excluding carboxylic acids is 2. The van der Waals surface area contributed by atoms with Crippen LogP contribution in [0.5, 0.6) is 5.75 Å². The Bertz CT molecular complexity index is 831. The van der Waals surface area contributed by atoms with E-state index in [2.05, 4.69) is 22.5 Å². The molecule has 7 heteroatoms. The lowest BCUT2D eigenvalue weighted by molar-refractivity contribution is -0.123. The minimum absolute atomic E-state index is 0. The van der Waals surface area contributed by atoms with Gasteiger partial charge in [-0.05, 0) is 59.1 Å². The van der Waals surface area contributed by atoms with Crippen LogP contribution in [0.2, 0.25) is 0 Å².